The molecule has 0 radical (unpaired) electrons. The molecular weight excluding hydrogens is 358 g/mol. The van der Waals surface area contributed by atoms with Gasteiger partial charge in [0, 0.05) is 25.0 Å². The van der Waals surface area contributed by atoms with Gasteiger partial charge in [-0.25, -0.2) is 0 Å². The molecule has 2 rings (SSSR count). The van der Waals surface area contributed by atoms with Gasteiger partial charge in [-0.05, 0) is 37.1 Å². The number of unbranched alkanes of at least 4 members (excludes halogenated alkanes) is 5. The molecule has 3 N–H and O–H groups in total. The molecule has 0 spiro atoms. The third-order valence-electron chi connectivity index (χ3n) is 4.46. The van der Waals surface area contributed by atoms with E-state index in [4.69, 9.17) is 5.11 Å². The molecule has 6 nitrogen and oxygen atoms in total. The van der Waals surface area contributed by atoms with Crippen LogP contribution in [-0.4, -0.2) is 27.2 Å². The van der Waals surface area contributed by atoms with Crippen molar-refractivity contribution in [3.63, 3.8) is 0 Å². The third-order valence-corrected chi connectivity index (χ3v) is 4.46. The summed E-state index contributed by atoms with van der Waals surface area (Å²) in [5.41, 5.74) is 1.09. The summed E-state index contributed by atoms with van der Waals surface area (Å²) in [6.07, 6.45) is 5.69. The van der Waals surface area contributed by atoms with Crippen LogP contribution >= 0.6 is 0 Å². The zero-order chi connectivity index (χ0) is 20.4. The van der Waals surface area contributed by atoms with Gasteiger partial charge in [-0.1, -0.05) is 37.8 Å². The summed E-state index contributed by atoms with van der Waals surface area (Å²) in [4.78, 5) is 24.9. The highest BCUT2D eigenvalue weighted by Gasteiger charge is 2.18. The van der Waals surface area contributed by atoms with Gasteiger partial charge in [0.1, 0.15) is 11.5 Å². The molecule has 28 heavy (non-hydrogen) atoms. The number of carboxylic acids is 1. The summed E-state index contributed by atoms with van der Waals surface area (Å²) in [7, 11) is 0. The maximum absolute atomic E-state index is 12.9. The molecule has 0 unspecified atom stereocenters. The highest BCUT2D eigenvalue weighted by atomic mass is 16.4. The van der Waals surface area contributed by atoms with Crippen LogP contribution in [0.1, 0.15) is 51.4 Å². The zero-order valence-corrected chi connectivity index (χ0v) is 15.9. The van der Waals surface area contributed by atoms with E-state index in [-0.39, 0.29) is 23.8 Å². The number of carboxylic acid groups (broad SMARTS) is 1. The Morgan fingerprint density at radius 3 is 1.64 bits per heavy atom. The average Bonchev–Trinajstić information content (AvgIpc) is 2.64. The third kappa shape index (κ3) is 6.95. The lowest BCUT2D eigenvalue weighted by molar-refractivity contribution is -0.137. The van der Waals surface area contributed by atoms with E-state index in [2.05, 4.69) is 0 Å². The molecule has 0 fully saturated rings. The molecule has 0 aliphatic carbocycles. The Morgan fingerprint density at radius 2 is 1.18 bits per heavy atom. The van der Waals surface area contributed by atoms with Crippen LogP contribution in [0.5, 0.6) is 11.5 Å². The number of amides is 1. The quantitative estimate of drug-likeness (QED) is 0.475. The fraction of sp³-hybridized carbons (Fsp3) is 0.364. The van der Waals surface area contributed by atoms with Crippen LogP contribution in [0.4, 0.5) is 11.4 Å². The van der Waals surface area contributed by atoms with Crippen LogP contribution in [0.15, 0.2) is 48.5 Å². The monoisotopic (exact) mass is 385 g/mol. The standard InChI is InChI=1S/C22H27NO5/c24-19-11-7-9-17(15-19)23(18-10-8-12-20(25)16-18)21(26)13-5-3-1-2-4-6-14-22(27)28/h7-12,15-16,24-25H,1-6,13-14H2,(H,27,28). The van der Waals surface area contributed by atoms with Crippen LogP contribution < -0.4 is 4.90 Å². The van der Waals surface area contributed by atoms with Crippen LogP contribution in [0, 0.1) is 0 Å². The second-order valence-corrected chi connectivity index (χ2v) is 6.78. The number of carbonyl (C=O) groups excluding carboxylic acids is 1. The van der Waals surface area contributed by atoms with Crippen LogP contribution in [0.3, 0.4) is 0 Å². The lowest BCUT2D eigenvalue weighted by Crippen LogP contribution is -2.25. The number of aromatic hydroxyl groups is 2. The predicted octanol–water partition coefficient (Wildman–Crippen LogP) is 4.97. The van der Waals surface area contributed by atoms with E-state index >= 15 is 0 Å². The Bertz CT molecular complexity index is 745. The van der Waals surface area contributed by atoms with E-state index in [1.54, 1.807) is 36.4 Å². The maximum Gasteiger partial charge on any atom is 0.303 e. The summed E-state index contributed by atoms with van der Waals surface area (Å²) in [5, 5.41) is 28.2. The Balaban J connectivity index is 1.92. The number of hydrogen-bond donors (Lipinski definition) is 3. The Hall–Kier alpha value is -3.02. The fourth-order valence-electron chi connectivity index (χ4n) is 3.07. The molecule has 2 aromatic rings. The van der Waals surface area contributed by atoms with Gasteiger partial charge >= 0.3 is 5.97 Å². The van der Waals surface area contributed by atoms with Crippen molar-refractivity contribution >= 4 is 23.3 Å². The van der Waals surface area contributed by atoms with Crippen molar-refractivity contribution in [3.8, 4) is 11.5 Å². The summed E-state index contributed by atoms with van der Waals surface area (Å²) in [5.74, 6) is -0.736. The molecule has 0 saturated heterocycles. The van der Waals surface area contributed by atoms with Crippen molar-refractivity contribution in [2.75, 3.05) is 4.90 Å². The van der Waals surface area contributed by atoms with Gasteiger partial charge in [-0.3, -0.25) is 14.5 Å². The van der Waals surface area contributed by atoms with E-state index in [0.717, 1.165) is 32.1 Å². The topological polar surface area (TPSA) is 98.1 Å². The van der Waals surface area contributed by atoms with Gasteiger partial charge in [0.05, 0.1) is 11.4 Å². The minimum absolute atomic E-state index is 0.0665. The normalized spacial score (nSPS) is 10.6. The zero-order valence-electron chi connectivity index (χ0n) is 15.9. The van der Waals surface area contributed by atoms with Gasteiger partial charge in [0.25, 0.3) is 0 Å². The number of aliphatic carboxylic acids is 1. The number of hydrogen-bond acceptors (Lipinski definition) is 4. The molecule has 150 valence electrons. The smallest absolute Gasteiger partial charge is 0.303 e. The first kappa shape index (κ1) is 21.3. The van der Waals surface area contributed by atoms with E-state index in [1.165, 1.54) is 17.0 Å². The molecule has 0 heterocycles. The van der Waals surface area contributed by atoms with Gasteiger partial charge in [0.15, 0.2) is 0 Å². The van der Waals surface area contributed by atoms with E-state index in [0.29, 0.717) is 24.2 Å². The van der Waals surface area contributed by atoms with Crippen molar-refractivity contribution < 1.29 is 24.9 Å². The number of carbonyl (C=O) groups is 2. The second kappa shape index (κ2) is 11.0. The summed E-state index contributed by atoms with van der Waals surface area (Å²) < 4.78 is 0. The van der Waals surface area contributed by atoms with Crippen LogP contribution in [0.25, 0.3) is 0 Å². The van der Waals surface area contributed by atoms with Crippen molar-refractivity contribution in [3.05, 3.63) is 48.5 Å². The number of phenols is 2. The van der Waals surface area contributed by atoms with Crippen LogP contribution in [0.2, 0.25) is 0 Å². The van der Waals surface area contributed by atoms with Crippen molar-refractivity contribution in [2.45, 2.75) is 51.4 Å². The number of nitrogens with zero attached hydrogens (tertiary/aromatic N) is 1. The fourth-order valence-corrected chi connectivity index (χ4v) is 3.07. The molecule has 0 aliphatic heterocycles. The SMILES string of the molecule is O=C(O)CCCCCCCCC(=O)N(c1cccc(O)c1)c1cccc(O)c1. The largest absolute Gasteiger partial charge is 0.508 e. The molecule has 0 aliphatic rings. The molecule has 2 aromatic carbocycles. The number of benzene rings is 2. The maximum atomic E-state index is 12.9. The molecule has 0 bridgehead atoms. The van der Waals surface area contributed by atoms with Gasteiger partial charge < -0.3 is 15.3 Å². The first-order valence-corrected chi connectivity index (χ1v) is 9.60. The highest BCUT2D eigenvalue weighted by Crippen LogP contribution is 2.31. The van der Waals surface area contributed by atoms with E-state index in [1.807, 2.05) is 0 Å². The summed E-state index contributed by atoms with van der Waals surface area (Å²) in [6, 6.07) is 12.9. The lowest BCUT2D eigenvalue weighted by Gasteiger charge is -2.23. The minimum atomic E-state index is -0.760. The Kier molecular flexibility index (Phi) is 8.34. The Morgan fingerprint density at radius 1 is 0.714 bits per heavy atom. The van der Waals surface area contributed by atoms with Gasteiger partial charge in [-0.15, -0.1) is 0 Å². The van der Waals surface area contributed by atoms with Crippen LogP contribution in [-0.2, 0) is 9.59 Å². The first-order valence-electron chi connectivity index (χ1n) is 9.60. The predicted molar refractivity (Wildman–Crippen MR) is 108 cm³/mol. The van der Waals surface area contributed by atoms with Gasteiger partial charge in [-0.2, -0.15) is 0 Å². The van der Waals surface area contributed by atoms with E-state index in [9.17, 15) is 19.8 Å². The Labute approximate surface area is 165 Å². The molecule has 0 aromatic heterocycles. The molecule has 6 heteroatoms. The van der Waals surface area contributed by atoms with Crippen molar-refractivity contribution in [2.24, 2.45) is 0 Å². The molecular formula is C22H27NO5. The summed E-state index contributed by atoms with van der Waals surface area (Å²) >= 11 is 0. The number of phenolic OH excluding ortho intramolecular Hbond substituents is 2. The van der Waals surface area contributed by atoms with Crippen molar-refractivity contribution in [1.82, 2.24) is 0 Å². The minimum Gasteiger partial charge on any atom is -0.508 e. The summed E-state index contributed by atoms with van der Waals surface area (Å²) in [6.45, 7) is 0. The lowest BCUT2D eigenvalue weighted by atomic mass is 10.1. The molecule has 0 atom stereocenters. The number of anilines is 2. The highest BCUT2D eigenvalue weighted by molar-refractivity contribution is 6.00. The molecule has 0 saturated carbocycles. The second-order valence-electron chi connectivity index (χ2n) is 6.78. The first-order chi connectivity index (χ1) is 13.5. The molecule has 1 amide bonds. The van der Waals surface area contributed by atoms with Crippen molar-refractivity contribution in [1.29, 1.82) is 0 Å². The van der Waals surface area contributed by atoms with E-state index < -0.39 is 5.97 Å². The van der Waals surface area contributed by atoms with Gasteiger partial charge in [0.2, 0.25) is 5.91 Å². The average molecular weight is 385 g/mol. The number of rotatable bonds is 11.